The summed E-state index contributed by atoms with van der Waals surface area (Å²) in [6, 6.07) is 3.69. The van der Waals surface area contributed by atoms with Crippen molar-refractivity contribution in [1.29, 1.82) is 0 Å². The van der Waals surface area contributed by atoms with Crippen molar-refractivity contribution in [1.82, 2.24) is 25.1 Å². The molecule has 0 radical (unpaired) electrons. The van der Waals surface area contributed by atoms with Crippen molar-refractivity contribution in [3.05, 3.63) is 36.5 Å². The first-order valence-electron chi connectivity index (χ1n) is 8.45. The fourth-order valence-corrected chi connectivity index (χ4v) is 2.82. The highest BCUT2D eigenvalue weighted by Gasteiger charge is 2.17. The monoisotopic (exact) mass is 328 g/mol. The number of nitrogens with zero attached hydrogens (tertiary/aromatic N) is 5. The van der Waals surface area contributed by atoms with Crippen LogP contribution in [0.2, 0.25) is 0 Å². The van der Waals surface area contributed by atoms with Crippen LogP contribution in [0.4, 0.5) is 5.82 Å². The van der Waals surface area contributed by atoms with Gasteiger partial charge >= 0.3 is 0 Å². The van der Waals surface area contributed by atoms with E-state index in [1.165, 1.54) is 23.9 Å². The van der Waals surface area contributed by atoms with Crippen LogP contribution in [0.1, 0.15) is 38.3 Å². The van der Waals surface area contributed by atoms with Gasteiger partial charge in [0.2, 0.25) is 5.91 Å². The van der Waals surface area contributed by atoms with Crippen molar-refractivity contribution in [2.24, 2.45) is 5.92 Å². The summed E-state index contributed by atoms with van der Waals surface area (Å²) in [6.07, 6.45) is 7.25. The lowest BCUT2D eigenvalue weighted by molar-refractivity contribution is -0.124. The number of hydrogen-bond donors (Lipinski definition) is 1. The Bertz CT molecular complexity index is 646. The lowest BCUT2D eigenvalue weighted by atomic mass is 9.99. The number of anilines is 1. The van der Waals surface area contributed by atoms with E-state index in [1.807, 2.05) is 18.3 Å². The van der Waals surface area contributed by atoms with Crippen molar-refractivity contribution >= 4 is 11.7 Å². The molecular weight excluding hydrogens is 304 g/mol. The van der Waals surface area contributed by atoms with E-state index in [1.54, 1.807) is 13.3 Å². The van der Waals surface area contributed by atoms with E-state index in [4.69, 9.17) is 0 Å². The molecule has 1 amide bonds. The van der Waals surface area contributed by atoms with Gasteiger partial charge in [0.1, 0.15) is 24.5 Å². The minimum Gasteiger partial charge on any atom is -0.357 e. The molecule has 1 aliphatic rings. The van der Waals surface area contributed by atoms with Gasteiger partial charge in [-0.05, 0) is 37.3 Å². The summed E-state index contributed by atoms with van der Waals surface area (Å²) in [5.74, 6) is 1.74. The minimum absolute atomic E-state index is 0.0883. The summed E-state index contributed by atoms with van der Waals surface area (Å²) in [5.41, 5.74) is 0.989. The Balaban J connectivity index is 1.52. The molecule has 0 aromatic carbocycles. The number of amides is 1. The topological polar surface area (TPSA) is 75.9 Å². The first-order valence-corrected chi connectivity index (χ1v) is 8.45. The Kier molecular flexibility index (Phi) is 5.08. The molecule has 2 aromatic heterocycles. The third-order valence-corrected chi connectivity index (χ3v) is 4.60. The first-order chi connectivity index (χ1) is 11.6. The zero-order valence-corrected chi connectivity index (χ0v) is 14.2. The second-order valence-corrected chi connectivity index (χ2v) is 6.46. The Labute approximate surface area is 142 Å². The molecule has 3 rings (SSSR count). The van der Waals surface area contributed by atoms with E-state index in [2.05, 4.69) is 32.2 Å². The minimum atomic E-state index is -0.380. The molecule has 1 saturated heterocycles. The highest BCUT2D eigenvalue weighted by atomic mass is 16.2. The Morgan fingerprint density at radius 1 is 1.38 bits per heavy atom. The van der Waals surface area contributed by atoms with Gasteiger partial charge in [-0.2, -0.15) is 5.10 Å². The van der Waals surface area contributed by atoms with E-state index >= 15 is 0 Å². The predicted octanol–water partition coefficient (Wildman–Crippen LogP) is 1.79. The Hall–Kier alpha value is -2.44. The third kappa shape index (κ3) is 3.90. The largest absolute Gasteiger partial charge is 0.357 e. The van der Waals surface area contributed by atoms with Gasteiger partial charge < -0.3 is 10.2 Å². The average molecular weight is 328 g/mol. The van der Waals surface area contributed by atoms with Crippen LogP contribution >= 0.6 is 0 Å². The molecule has 1 fully saturated rings. The fourth-order valence-electron chi connectivity index (χ4n) is 2.82. The van der Waals surface area contributed by atoms with E-state index in [9.17, 15) is 4.79 Å². The normalized spacial score (nSPS) is 16.8. The van der Waals surface area contributed by atoms with Gasteiger partial charge in [-0.15, -0.1) is 0 Å². The summed E-state index contributed by atoms with van der Waals surface area (Å²) in [7, 11) is 0. The molecular formula is C17H24N6O. The molecule has 1 atom stereocenters. The highest BCUT2D eigenvalue weighted by Crippen LogP contribution is 2.21. The van der Waals surface area contributed by atoms with Crippen molar-refractivity contribution in [2.75, 3.05) is 18.0 Å². The third-order valence-electron chi connectivity index (χ3n) is 4.60. The fraction of sp³-hybridized carbons (Fsp3) is 0.529. The maximum Gasteiger partial charge on any atom is 0.244 e. The van der Waals surface area contributed by atoms with Crippen LogP contribution in [0.15, 0.2) is 31.0 Å². The van der Waals surface area contributed by atoms with Crippen LogP contribution in [0.5, 0.6) is 0 Å². The maximum atomic E-state index is 12.1. The van der Waals surface area contributed by atoms with Gasteiger partial charge in [0.05, 0.1) is 0 Å². The zero-order valence-electron chi connectivity index (χ0n) is 14.2. The molecule has 0 spiro atoms. The van der Waals surface area contributed by atoms with E-state index in [0.717, 1.165) is 30.4 Å². The molecule has 0 bridgehead atoms. The van der Waals surface area contributed by atoms with Crippen molar-refractivity contribution < 1.29 is 4.79 Å². The van der Waals surface area contributed by atoms with Crippen LogP contribution in [0.25, 0.3) is 0 Å². The molecule has 1 unspecified atom stereocenters. The SMILES string of the molecule is CC1CCN(c2ccc(CNC(=O)C(C)n3cncn3)cn2)CC1. The number of rotatable bonds is 5. The van der Waals surface area contributed by atoms with Crippen LogP contribution in [0, 0.1) is 5.92 Å². The Morgan fingerprint density at radius 2 is 2.17 bits per heavy atom. The zero-order chi connectivity index (χ0) is 16.9. The lowest BCUT2D eigenvalue weighted by Crippen LogP contribution is -2.33. The van der Waals surface area contributed by atoms with Crippen molar-refractivity contribution in [3.63, 3.8) is 0 Å². The lowest BCUT2D eigenvalue weighted by Gasteiger charge is -2.31. The van der Waals surface area contributed by atoms with Crippen molar-refractivity contribution in [3.8, 4) is 0 Å². The smallest absolute Gasteiger partial charge is 0.244 e. The molecule has 1 aliphatic heterocycles. The maximum absolute atomic E-state index is 12.1. The van der Waals surface area contributed by atoms with Gasteiger partial charge in [-0.3, -0.25) is 4.79 Å². The number of pyridine rings is 1. The van der Waals surface area contributed by atoms with Gasteiger partial charge in [0.15, 0.2) is 0 Å². The summed E-state index contributed by atoms with van der Waals surface area (Å²) in [6.45, 7) is 6.70. The first kappa shape index (κ1) is 16.4. The number of hydrogen-bond acceptors (Lipinski definition) is 5. The van der Waals surface area contributed by atoms with Gasteiger partial charge in [-0.25, -0.2) is 14.6 Å². The van der Waals surface area contributed by atoms with Gasteiger partial charge in [0, 0.05) is 25.8 Å². The standard InChI is InChI=1S/C17H24N6O/c1-13-5-7-22(8-6-13)16-4-3-15(9-19-16)10-20-17(24)14(2)23-12-18-11-21-23/h3-4,9,11-14H,5-8,10H2,1-2H3,(H,20,24). The highest BCUT2D eigenvalue weighted by molar-refractivity contribution is 5.79. The molecule has 3 heterocycles. The molecule has 1 N–H and O–H groups in total. The number of nitrogens with one attached hydrogen (secondary N) is 1. The predicted molar refractivity (Wildman–Crippen MR) is 91.4 cm³/mol. The molecule has 128 valence electrons. The molecule has 7 heteroatoms. The quantitative estimate of drug-likeness (QED) is 0.905. The summed E-state index contributed by atoms with van der Waals surface area (Å²) < 4.78 is 1.54. The number of carbonyl (C=O) groups excluding carboxylic acids is 1. The molecule has 7 nitrogen and oxygen atoms in total. The van der Waals surface area contributed by atoms with E-state index in [0.29, 0.717) is 6.54 Å². The summed E-state index contributed by atoms with van der Waals surface area (Å²) in [4.78, 5) is 22.9. The van der Waals surface area contributed by atoms with Crippen molar-refractivity contribution in [2.45, 2.75) is 39.3 Å². The number of carbonyl (C=O) groups is 1. The van der Waals surface area contributed by atoms with Crippen LogP contribution in [0.3, 0.4) is 0 Å². The Morgan fingerprint density at radius 3 is 2.79 bits per heavy atom. The van der Waals surface area contributed by atoms with Crippen LogP contribution in [-0.4, -0.2) is 38.7 Å². The van der Waals surface area contributed by atoms with Gasteiger partial charge in [-0.1, -0.05) is 13.0 Å². The molecule has 2 aromatic rings. The average Bonchev–Trinajstić information content (AvgIpc) is 3.15. The second-order valence-electron chi connectivity index (χ2n) is 6.46. The number of piperidine rings is 1. The molecule has 24 heavy (non-hydrogen) atoms. The summed E-state index contributed by atoms with van der Waals surface area (Å²) in [5, 5.41) is 6.90. The van der Waals surface area contributed by atoms with Gasteiger partial charge in [0.25, 0.3) is 0 Å². The van der Waals surface area contributed by atoms with Crippen LogP contribution in [-0.2, 0) is 11.3 Å². The second kappa shape index (κ2) is 7.42. The van der Waals surface area contributed by atoms with E-state index in [-0.39, 0.29) is 11.9 Å². The van der Waals surface area contributed by atoms with E-state index < -0.39 is 0 Å². The number of aromatic nitrogens is 4. The molecule has 0 aliphatic carbocycles. The summed E-state index contributed by atoms with van der Waals surface area (Å²) >= 11 is 0. The molecule has 0 saturated carbocycles. The van der Waals surface area contributed by atoms with Crippen LogP contribution < -0.4 is 10.2 Å².